The van der Waals surface area contributed by atoms with Gasteiger partial charge in [-0.15, -0.1) is 0 Å². The molecule has 13 heavy (non-hydrogen) atoms. The second kappa shape index (κ2) is 4.00. The fourth-order valence-corrected chi connectivity index (χ4v) is 1.50. The first-order valence-corrected chi connectivity index (χ1v) is 4.37. The van der Waals surface area contributed by atoms with Crippen molar-refractivity contribution in [3.05, 3.63) is 0 Å². The van der Waals surface area contributed by atoms with Gasteiger partial charge in [-0.3, -0.25) is 10.1 Å². The highest BCUT2D eigenvalue weighted by molar-refractivity contribution is 5.83. The van der Waals surface area contributed by atoms with E-state index in [9.17, 15) is 13.6 Å². The quantitative estimate of drug-likeness (QED) is 0.717. The first-order valence-electron chi connectivity index (χ1n) is 4.37. The molecule has 0 spiro atoms. The average Bonchev–Trinajstić information content (AvgIpc) is 2.24. The molecule has 1 heterocycles. The molecule has 1 rings (SSSR count). The first-order chi connectivity index (χ1) is 6.02. The monoisotopic (exact) mass is 192 g/mol. The van der Waals surface area contributed by atoms with Crippen LogP contribution in [0.4, 0.5) is 8.78 Å². The second-order valence-electron chi connectivity index (χ2n) is 3.28. The molecule has 0 radical (unpaired) electrons. The van der Waals surface area contributed by atoms with Gasteiger partial charge in [0.2, 0.25) is 12.3 Å². The lowest BCUT2D eigenvalue weighted by Gasteiger charge is -2.20. The van der Waals surface area contributed by atoms with E-state index in [2.05, 4.69) is 5.32 Å². The number of carbonyl (C=O) groups is 1. The van der Waals surface area contributed by atoms with Gasteiger partial charge < -0.3 is 4.90 Å². The van der Waals surface area contributed by atoms with Gasteiger partial charge >= 0.3 is 0 Å². The maximum Gasteiger partial charge on any atom is 0.240 e. The molecule has 0 saturated carbocycles. The van der Waals surface area contributed by atoms with Crippen LogP contribution >= 0.6 is 0 Å². The molecule has 1 amide bonds. The molecule has 0 bridgehead atoms. The number of alkyl halides is 2. The summed E-state index contributed by atoms with van der Waals surface area (Å²) in [6.07, 6.45) is -2.71. The Hall–Kier alpha value is -0.710. The van der Waals surface area contributed by atoms with Crippen molar-refractivity contribution >= 4 is 5.91 Å². The SMILES string of the molecule is CC1NC(C)N(CCC(F)F)C1=O. The van der Waals surface area contributed by atoms with Crippen molar-refractivity contribution in [2.45, 2.75) is 38.9 Å². The lowest BCUT2D eigenvalue weighted by molar-refractivity contribution is -0.129. The Morgan fingerprint density at radius 3 is 2.54 bits per heavy atom. The van der Waals surface area contributed by atoms with Crippen LogP contribution in [0.2, 0.25) is 0 Å². The molecule has 1 aliphatic heterocycles. The Kier molecular flexibility index (Phi) is 3.19. The predicted molar refractivity (Wildman–Crippen MR) is 44.4 cm³/mol. The van der Waals surface area contributed by atoms with Crippen LogP contribution < -0.4 is 5.32 Å². The third kappa shape index (κ3) is 2.37. The molecule has 2 unspecified atom stereocenters. The summed E-state index contributed by atoms with van der Waals surface area (Å²) in [6, 6.07) is -0.243. The summed E-state index contributed by atoms with van der Waals surface area (Å²) in [5.41, 5.74) is 0. The highest BCUT2D eigenvalue weighted by atomic mass is 19.3. The van der Waals surface area contributed by atoms with E-state index in [-0.39, 0.29) is 31.1 Å². The van der Waals surface area contributed by atoms with E-state index in [4.69, 9.17) is 0 Å². The molecule has 0 aromatic rings. The van der Waals surface area contributed by atoms with Crippen LogP contribution in [-0.2, 0) is 4.79 Å². The molecule has 0 aromatic heterocycles. The van der Waals surface area contributed by atoms with Crippen molar-refractivity contribution in [2.24, 2.45) is 0 Å². The Labute approximate surface area is 76.1 Å². The fraction of sp³-hybridized carbons (Fsp3) is 0.875. The van der Waals surface area contributed by atoms with E-state index in [0.29, 0.717) is 0 Å². The molecule has 5 heteroatoms. The number of rotatable bonds is 3. The number of nitrogens with zero attached hydrogens (tertiary/aromatic N) is 1. The third-order valence-corrected chi connectivity index (χ3v) is 2.20. The largest absolute Gasteiger partial charge is 0.326 e. The highest BCUT2D eigenvalue weighted by Crippen LogP contribution is 2.12. The zero-order valence-electron chi connectivity index (χ0n) is 7.76. The van der Waals surface area contributed by atoms with Crippen LogP contribution in [0.1, 0.15) is 20.3 Å². The minimum atomic E-state index is -2.34. The summed E-state index contributed by atoms with van der Waals surface area (Å²) in [4.78, 5) is 12.8. The third-order valence-electron chi connectivity index (χ3n) is 2.20. The Morgan fingerprint density at radius 2 is 2.15 bits per heavy atom. The molecule has 0 aromatic carbocycles. The molecule has 0 aliphatic carbocycles. The smallest absolute Gasteiger partial charge is 0.240 e. The van der Waals surface area contributed by atoms with E-state index in [1.54, 1.807) is 13.8 Å². The maximum atomic E-state index is 11.9. The Balaban J connectivity index is 2.44. The van der Waals surface area contributed by atoms with Gasteiger partial charge in [0.25, 0.3) is 0 Å². The molecular formula is C8H14F2N2O. The molecule has 1 fully saturated rings. The standard InChI is InChI=1S/C8H14F2N2O/c1-5-8(13)12(6(2)11-5)4-3-7(9)10/h5-7,11H,3-4H2,1-2H3. The van der Waals surface area contributed by atoms with Crippen molar-refractivity contribution in [1.29, 1.82) is 0 Å². The van der Waals surface area contributed by atoms with Crippen molar-refractivity contribution in [2.75, 3.05) is 6.54 Å². The summed E-state index contributed by atoms with van der Waals surface area (Å²) in [5, 5.41) is 2.97. The van der Waals surface area contributed by atoms with Crippen LogP contribution in [0.25, 0.3) is 0 Å². The van der Waals surface area contributed by atoms with E-state index < -0.39 is 6.43 Å². The second-order valence-corrected chi connectivity index (χ2v) is 3.28. The topological polar surface area (TPSA) is 32.3 Å². The number of amides is 1. The summed E-state index contributed by atoms with van der Waals surface area (Å²) >= 11 is 0. The normalized spacial score (nSPS) is 29.0. The first kappa shape index (κ1) is 10.4. The van der Waals surface area contributed by atoms with Gasteiger partial charge in [-0.25, -0.2) is 8.78 Å². The fourth-order valence-electron chi connectivity index (χ4n) is 1.50. The highest BCUT2D eigenvalue weighted by Gasteiger charge is 2.33. The number of carbonyl (C=O) groups excluding carboxylic acids is 1. The average molecular weight is 192 g/mol. The zero-order valence-corrected chi connectivity index (χ0v) is 7.76. The van der Waals surface area contributed by atoms with Crippen molar-refractivity contribution < 1.29 is 13.6 Å². The van der Waals surface area contributed by atoms with E-state index >= 15 is 0 Å². The van der Waals surface area contributed by atoms with Crippen molar-refractivity contribution in [3.63, 3.8) is 0 Å². The number of hydrogen-bond donors (Lipinski definition) is 1. The van der Waals surface area contributed by atoms with Gasteiger partial charge in [-0.05, 0) is 13.8 Å². The Morgan fingerprint density at radius 1 is 1.54 bits per heavy atom. The van der Waals surface area contributed by atoms with Crippen LogP contribution in [0.15, 0.2) is 0 Å². The zero-order chi connectivity index (χ0) is 10.0. The Bertz CT molecular complexity index is 199. The van der Waals surface area contributed by atoms with Gasteiger partial charge in [-0.1, -0.05) is 0 Å². The van der Waals surface area contributed by atoms with Crippen LogP contribution in [-0.4, -0.2) is 36.0 Å². The van der Waals surface area contributed by atoms with Gasteiger partial charge in [0, 0.05) is 13.0 Å². The summed E-state index contributed by atoms with van der Waals surface area (Å²) in [6.45, 7) is 3.67. The number of nitrogens with one attached hydrogen (secondary N) is 1. The molecular weight excluding hydrogens is 178 g/mol. The van der Waals surface area contributed by atoms with Crippen molar-refractivity contribution in [1.82, 2.24) is 10.2 Å². The minimum absolute atomic E-state index is 0.0897. The van der Waals surface area contributed by atoms with Crippen LogP contribution in [0.5, 0.6) is 0 Å². The maximum absolute atomic E-state index is 11.9. The van der Waals surface area contributed by atoms with Crippen molar-refractivity contribution in [3.8, 4) is 0 Å². The van der Waals surface area contributed by atoms with E-state index in [0.717, 1.165) is 0 Å². The lowest BCUT2D eigenvalue weighted by atomic mass is 10.3. The van der Waals surface area contributed by atoms with Gasteiger partial charge in [0.05, 0.1) is 12.2 Å². The number of halogens is 2. The van der Waals surface area contributed by atoms with Crippen LogP contribution in [0.3, 0.4) is 0 Å². The van der Waals surface area contributed by atoms with E-state index in [1.807, 2.05) is 0 Å². The lowest BCUT2D eigenvalue weighted by Crippen LogP contribution is -2.36. The minimum Gasteiger partial charge on any atom is -0.326 e. The van der Waals surface area contributed by atoms with Crippen LogP contribution in [0, 0.1) is 0 Å². The van der Waals surface area contributed by atoms with Gasteiger partial charge in [0.15, 0.2) is 0 Å². The summed E-state index contributed by atoms with van der Waals surface area (Å²) < 4.78 is 23.8. The number of hydrogen-bond acceptors (Lipinski definition) is 2. The van der Waals surface area contributed by atoms with Gasteiger partial charge in [-0.2, -0.15) is 0 Å². The molecule has 76 valence electrons. The molecule has 1 aliphatic rings. The van der Waals surface area contributed by atoms with Gasteiger partial charge in [0.1, 0.15) is 0 Å². The molecule has 1 N–H and O–H groups in total. The predicted octanol–water partition coefficient (Wildman–Crippen LogP) is 0.808. The van der Waals surface area contributed by atoms with E-state index in [1.165, 1.54) is 4.90 Å². The molecule has 3 nitrogen and oxygen atoms in total. The summed E-state index contributed by atoms with van der Waals surface area (Å²) in [5.74, 6) is -0.0897. The molecule has 1 saturated heterocycles. The molecule has 2 atom stereocenters. The summed E-state index contributed by atoms with van der Waals surface area (Å²) in [7, 11) is 0.